The van der Waals surface area contributed by atoms with Crippen molar-refractivity contribution in [2.24, 2.45) is 5.73 Å². The number of hydrogen-bond donors (Lipinski definition) is 3. The molecule has 11 nitrogen and oxygen atoms in total. The summed E-state index contributed by atoms with van der Waals surface area (Å²) in [7, 11) is 1.15. The molecule has 0 saturated carbocycles. The molecule has 1 aromatic carbocycles. The van der Waals surface area contributed by atoms with Crippen molar-refractivity contribution >= 4 is 22.8 Å². The second-order valence-corrected chi connectivity index (χ2v) is 9.39. The fraction of sp³-hybridized carbons (Fsp3) is 0.375. The van der Waals surface area contributed by atoms with Crippen LogP contribution in [0.2, 0.25) is 0 Å². The number of halogens is 4. The van der Waals surface area contributed by atoms with E-state index in [1.165, 1.54) is 12.7 Å². The van der Waals surface area contributed by atoms with E-state index in [2.05, 4.69) is 25.1 Å². The van der Waals surface area contributed by atoms with Crippen molar-refractivity contribution in [1.29, 1.82) is 0 Å². The molecule has 4 aromatic rings. The molecule has 0 bridgehead atoms. The summed E-state index contributed by atoms with van der Waals surface area (Å²) >= 11 is 0. The Morgan fingerprint density at radius 1 is 1.13 bits per heavy atom. The number of nitrogen functional groups attached to an aromatic ring is 1. The summed E-state index contributed by atoms with van der Waals surface area (Å²) < 4.78 is 62.1. The first kappa shape index (κ1) is 26.5. The van der Waals surface area contributed by atoms with E-state index in [-0.39, 0.29) is 36.6 Å². The summed E-state index contributed by atoms with van der Waals surface area (Å²) in [6.45, 7) is 0.393. The zero-order chi connectivity index (χ0) is 27.9. The van der Waals surface area contributed by atoms with Crippen LogP contribution in [0.1, 0.15) is 18.4 Å². The summed E-state index contributed by atoms with van der Waals surface area (Å²) in [5, 5.41) is 18.6. The molecule has 1 aliphatic rings. The van der Waals surface area contributed by atoms with Crippen LogP contribution in [0.5, 0.6) is 5.75 Å². The van der Waals surface area contributed by atoms with Crippen molar-refractivity contribution in [3.8, 4) is 17.0 Å². The van der Waals surface area contributed by atoms with Gasteiger partial charge in [0.2, 0.25) is 0 Å². The second-order valence-electron chi connectivity index (χ2n) is 9.39. The zero-order valence-corrected chi connectivity index (χ0v) is 20.7. The Kier molecular flexibility index (Phi) is 6.94. The van der Waals surface area contributed by atoms with E-state index in [1.807, 2.05) is 0 Å². The van der Waals surface area contributed by atoms with Crippen molar-refractivity contribution < 1.29 is 27.4 Å². The third-order valence-electron chi connectivity index (χ3n) is 6.80. The largest absolute Gasteiger partial charge is 0.491 e. The van der Waals surface area contributed by atoms with Gasteiger partial charge in [0.05, 0.1) is 31.2 Å². The van der Waals surface area contributed by atoms with Crippen LogP contribution in [0.25, 0.3) is 22.4 Å². The van der Waals surface area contributed by atoms with Gasteiger partial charge in [0.1, 0.15) is 17.9 Å². The van der Waals surface area contributed by atoms with Crippen LogP contribution in [-0.2, 0) is 6.54 Å². The molecule has 0 amide bonds. The van der Waals surface area contributed by atoms with Gasteiger partial charge < -0.3 is 30.8 Å². The van der Waals surface area contributed by atoms with Gasteiger partial charge in [0.25, 0.3) is 6.43 Å². The molecule has 0 spiro atoms. The van der Waals surface area contributed by atoms with Crippen molar-refractivity contribution in [3.05, 3.63) is 48.1 Å². The van der Waals surface area contributed by atoms with Crippen LogP contribution < -0.4 is 21.1 Å². The lowest BCUT2D eigenvalue weighted by atomic mass is 9.84. The molecule has 5 rings (SSSR count). The Morgan fingerprint density at radius 3 is 2.56 bits per heavy atom. The maximum Gasteiger partial charge on any atom is 0.265 e. The summed E-state index contributed by atoms with van der Waals surface area (Å²) in [5.74, 6) is -1.89. The van der Waals surface area contributed by atoms with E-state index >= 15 is 0 Å². The van der Waals surface area contributed by atoms with Gasteiger partial charge in [-0.25, -0.2) is 32.5 Å². The average Bonchev–Trinajstić information content (AvgIpc) is 3.32. The number of benzene rings is 1. The molecule has 0 unspecified atom stereocenters. The Hall–Kier alpha value is -4.11. The summed E-state index contributed by atoms with van der Waals surface area (Å²) in [6.07, 6.45) is -1.69. The average molecular weight is 548 g/mol. The van der Waals surface area contributed by atoms with Gasteiger partial charge in [0, 0.05) is 24.2 Å². The number of aromatic nitrogens is 6. The lowest BCUT2D eigenvalue weighted by Crippen LogP contribution is -2.63. The number of alkyl halides is 2. The quantitative estimate of drug-likeness (QED) is 0.293. The van der Waals surface area contributed by atoms with Crippen LogP contribution in [-0.4, -0.2) is 73.1 Å². The van der Waals surface area contributed by atoms with Crippen molar-refractivity contribution in [3.63, 3.8) is 0 Å². The number of piperidine rings is 1. The number of methoxy groups -OCH3 is 1. The highest BCUT2D eigenvalue weighted by atomic mass is 19.3. The van der Waals surface area contributed by atoms with E-state index in [0.29, 0.717) is 35.5 Å². The smallest absolute Gasteiger partial charge is 0.265 e. The molecule has 0 aliphatic carbocycles. The number of ether oxygens (including phenoxy) is 1. The number of imidazole rings is 1. The van der Waals surface area contributed by atoms with Crippen LogP contribution in [0.15, 0.2) is 30.9 Å². The summed E-state index contributed by atoms with van der Waals surface area (Å²) in [4.78, 5) is 14.1. The van der Waals surface area contributed by atoms with Crippen LogP contribution >= 0.6 is 0 Å². The predicted octanol–water partition coefficient (Wildman–Crippen LogP) is 2.12. The number of hydrogen-bond acceptors (Lipinski definition) is 10. The van der Waals surface area contributed by atoms with Gasteiger partial charge >= 0.3 is 0 Å². The lowest BCUT2D eigenvalue weighted by molar-refractivity contribution is -0.0530. The first-order chi connectivity index (χ1) is 18.6. The topological polar surface area (TPSA) is 154 Å². The Labute approximate surface area is 219 Å². The molecule has 1 fully saturated rings. The minimum atomic E-state index is -3.02. The molecule has 1 saturated heterocycles. The number of aliphatic hydroxyl groups is 1. The van der Waals surface area contributed by atoms with Gasteiger partial charge in [-0.3, -0.25) is 0 Å². The first-order valence-electron chi connectivity index (χ1n) is 11.9. The molecular formula is C24H25F4N9O2. The van der Waals surface area contributed by atoms with E-state index in [0.717, 1.165) is 19.2 Å². The van der Waals surface area contributed by atoms with Gasteiger partial charge in [-0.1, -0.05) is 0 Å². The molecule has 5 N–H and O–H groups in total. The third kappa shape index (κ3) is 4.90. The maximum absolute atomic E-state index is 14.5. The summed E-state index contributed by atoms with van der Waals surface area (Å²) in [5.41, 5.74) is 12.1. The van der Waals surface area contributed by atoms with Gasteiger partial charge in [-0.05, 0) is 31.0 Å². The number of rotatable bonds is 7. The minimum absolute atomic E-state index is 0.105. The fourth-order valence-corrected chi connectivity index (χ4v) is 4.83. The normalized spacial score (nSPS) is 18.6. The summed E-state index contributed by atoms with van der Waals surface area (Å²) in [6, 6.07) is 3.72. The number of fused-ring (bicyclic) bond motifs is 1. The molecule has 39 heavy (non-hydrogen) atoms. The molecule has 4 heterocycles. The number of nitrogens with two attached hydrogens (primary N) is 2. The standard InChI is InChI=1S/C24H25F4N9O2/c1-39-18-14(25)5-12(6-15(18)26)16-7-13(8-37-11-33-17-21(29)31-10-32-23(17)37)22(35-34-16)36-4-2-3-24(30,9-36)19(38)20(27)28/h5-7,10-11,19-20,38H,2-4,8-9,30H2,1H3,(H2,29,31,32)/t19-,24-/m1/s1. The highest BCUT2D eigenvalue weighted by molar-refractivity contribution is 5.81. The first-order valence-corrected chi connectivity index (χ1v) is 11.9. The van der Waals surface area contributed by atoms with Crippen molar-refractivity contribution in [1.82, 2.24) is 29.7 Å². The number of nitrogens with zero attached hydrogens (tertiary/aromatic N) is 7. The maximum atomic E-state index is 14.5. The van der Waals surface area contributed by atoms with E-state index in [9.17, 15) is 22.7 Å². The Balaban J connectivity index is 1.59. The third-order valence-corrected chi connectivity index (χ3v) is 6.80. The Bertz CT molecular complexity index is 1500. The minimum Gasteiger partial charge on any atom is -0.491 e. The molecule has 3 aromatic heterocycles. The number of anilines is 2. The predicted molar refractivity (Wildman–Crippen MR) is 133 cm³/mol. The van der Waals surface area contributed by atoms with Crippen LogP contribution in [0.4, 0.5) is 29.2 Å². The van der Waals surface area contributed by atoms with Crippen molar-refractivity contribution in [2.75, 3.05) is 30.8 Å². The molecule has 206 valence electrons. The molecule has 15 heteroatoms. The van der Waals surface area contributed by atoms with Crippen LogP contribution in [0.3, 0.4) is 0 Å². The van der Waals surface area contributed by atoms with E-state index in [4.69, 9.17) is 16.2 Å². The lowest BCUT2D eigenvalue weighted by Gasteiger charge is -2.43. The highest BCUT2D eigenvalue weighted by Gasteiger charge is 2.43. The van der Waals surface area contributed by atoms with Gasteiger partial charge in [0.15, 0.2) is 34.7 Å². The molecular weight excluding hydrogens is 522 g/mol. The number of aliphatic hydroxyl groups excluding tert-OH is 1. The molecule has 2 atom stereocenters. The van der Waals surface area contributed by atoms with E-state index < -0.39 is 35.5 Å². The van der Waals surface area contributed by atoms with Gasteiger partial charge in [-0.2, -0.15) is 0 Å². The molecule has 0 radical (unpaired) electrons. The Morgan fingerprint density at radius 2 is 1.87 bits per heavy atom. The van der Waals surface area contributed by atoms with Crippen LogP contribution in [0, 0.1) is 11.6 Å². The highest BCUT2D eigenvalue weighted by Crippen LogP contribution is 2.33. The van der Waals surface area contributed by atoms with E-state index in [1.54, 1.807) is 15.5 Å². The van der Waals surface area contributed by atoms with Crippen molar-refractivity contribution in [2.45, 2.75) is 37.5 Å². The monoisotopic (exact) mass is 547 g/mol. The zero-order valence-electron chi connectivity index (χ0n) is 20.7. The molecule has 1 aliphatic heterocycles. The van der Waals surface area contributed by atoms with Gasteiger partial charge in [-0.15, -0.1) is 10.2 Å². The SMILES string of the molecule is COc1c(F)cc(-c2cc(Cn3cnc4c(N)ncnc43)c(N3CCC[C@](N)([C@H](O)C(F)F)C3)nn2)cc1F. The second kappa shape index (κ2) is 10.2. The fourth-order valence-electron chi connectivity index (χ4n) is 4.83.